The molecule has 0 aliphatic heterocycles. The molecule has 0 saturated carbocycles. The van der Waals surface area contributed by atoms with Crippen LogP contribution in [0, 0.1) is 0 Å². The molecule has 1 N–H and O–H groups in total. The third kappa shape index (κ3) is 3.28. The molecule has 0 amide bonds. The van der Waals surface area contributed by atoms with E-state index in [1.807, 2.05) is 25.2 Å². The van der Waals surface area contributed by atoms with Crippen LogP contribution in [0.2, 0.25) is 0 Å². The minimum absolute atomic E-state index is 0.755. The van der Waals surface area contributed by atoms with Gasteiger partial charge in [-0.1, -0.05) is 17.7 Å². The van der Waals surface area contributed by atoms with Crippen LogP contribution in [0.3, 0.4) is 0 Å². The van der Waals surface area contributed by atoms with Crippen molar-refractivity contribution in [1.82, 2.24) is 5.32 Å². The summed E-state index contributed by atoms with van der Waals surface area (Å²) in [5.74, 6) is 1.51. The average Bonchev–Trinajstić information content (AvgIpc) is 2.29. The Bertz CT molecular complexity index is 372. The summed E-state index contributed by atoms with van der Waals surface area (Å²) in [6, 6.07) is 5.90. The van der Waals surface area contributed by atoms with Crippen LogP contribution >= 0.6 is 0 Å². The van der Waals surface area contributed by atoms with E-state index in [4.69, 9.17) is 9.47 Å². The van der Waals surface area contributed by atoms with E-state index < -0.39 is 0 Å². The molecule has 88 valence electrons. The molecule has 1 aromatic carbocycles. The monoisotopic (exact) mass is 221 g/mol. The first kappa shape index (κ1) is 12.6. The fourth-order valence-corrected chi connectivity index (χ4v) is 1.56. The van der Waals surface area contributed by atoms with Crippen molar-refractivity contribution in [3.05, 3.63) is 29.3 Å². The Morgan fingerprint density at radius 3 is 2.50 bits per heavy atom. The Balaban J connectivity index is 2.94. The van der Waals surface area contributed by atoms with Gasteiger partial charge in [0.05, 0.1) is 14.2 Å². The molecule has 0 saturated heterocycles. The van der Waals surface area contributed by atoms with Crippen molar-refractivity contribution < 1.29 is 9.47 Å². The minimum Gasteiger partial charge on any atom is -0.493 e. The fraction of sp³-hybridized carbons (Fsp3) is 0.385. The normalized spacial score (nSPS) is 11.4. The van der Waals surface area contributed by atoms with E-state index in [1.165, 1.54) is 5.57 Å². The van der Waals surface area contributed by atoms with Crippen LogP contribution in [0.25, 0.3) is 6.08 Å². The summed E-state index contributed by atoms with van der Waals surface area (Å²) < 4.78 is 10.4. The van der Waals surface area contributed by atoms with Crippen molar-refractivity contribution in [2.75, 3.05) is 27.8 Å². The molecule has 1 aromatic rings. The molecule has 0 spiro atoms. The van der Waals surface area contributed by atoms with Gasteiger partial charge in [0.25, 0.3) is 0 Å². The van der Waals surface area contributed by atoms with E-state index >= 15 is 0 Å². The van der Waals surface area contributed by atoms with Gasteiger partial charge in [-0.25, -0.2) is 0 Å². The standard InChI is InChI=1S/C13H19NO2/c1-10(9-14-2)7-11-5-6-12(15-3)13(8-11)16-4/h5-8,14H,9H2,1-4H3. The Hall–Kier alpha value is -1.48. The average molecular weight is 221 g/mol. The van der Waals surface area contributed by atoms with E-state index in [-0.39, 0.29) is 0 Å². The Morgan fingerprint density at radius 2 is 1.94 bits per heavy atom. The van der Waals surface area contributed by atoms with Crippen LogP contribution in [-0.2, 0) is 0 Å². The number of benzene rings is 1. The molecule has 0 radical (unpaired) electrons. The highest BCUT2D eigenvalue weighted by molar-refractivity contribution is 5.58. The Morgan fingerprint density at radius 1 is 1.25 bits per heavy atom. The Kier molecular flexibility index (Phi) is 4.86. The van der Waals surface area contributed by atoms with Crippen LogP contribution in [0.4, 0.5) is 0 Å². The van der Waals surface area contributed by atoms with Gasteiger partial charge in [-0.2, -0.15) is 0 Å². The molecule has 3 heteroatoms. The predicted molar refractivity (Wildman–Crippen MR) is 67.1 cm³/mol. The van der Waals surface area contributed by atoms with Crippen molar-refractivity contribution in [2.45, 2.75) is 6.92 Å². The first-order chi connectivity index (χ1) is 7.71. The van der Waals surface area contributed by atoms with Crippen molar-refractivity contribution in [3.63, 3.8) is 0 Å². The summed E-state index contributed by atoms with van der Waals surface area (Å²) in [7, 11) is 5.22. The molecule has 0 aliphatic rings. The summed E-state index contributed by atoms with van der Waals surface area (Å²) in [4.78, 5) is 0. The molecule has 0 fully saturated rings. The van der Waals surface area contributed by atoms with Crippen molar-refractivity contribution in [3.8, 4) is 11.5 Å². The molecular formula is C13H19NO2. The summed E-state index contributed by atoms with van der Waals surface area (Å²) in [5.41, 5.74) is 2.39. The lowest BCUT2D eigenvalue weighted by Gasteiger charge is -2.08. The number of methoxy groups -OCH3 is 2. The number of likely N-dealkylation sites (N-methyl/N-ethyl adjacent to an activating group) is 1. The first-order valence-electron chi connectivity index (χ1n) is 5.25. The second kappa shape index (κ2) is 6.18. The van der Waals surface area contributed by atoms with Crippen molar-refractivity contribution in [1.29, 1.82) is 0 Å². The number of nitrogens with one attached hydrogen (secondary N) is 1. The molecule has 3 nitrogen and oxygen atoms in total. The molecule has 16 heavy (non-hydrogen) atoms. The van der Waals surface area contributed by atoms with E-state index in [1.54, 1.807) is 14.2 Å². The molecule has 0 bridgehead atoms. The molecule has 0 aromatic heterocycles. The van der Waals surface area contributed by atoms with Crippen LogP contribution in [0.1, 0.15) is 12.5 Å². The highest BCUT2D eigenvalue weighted by Crippen LogP contribution is 2.28. The second-order valence-electron chi connectivity index (χ2n) is 3.64. The molecule has 0 atom stereocenters. The fourth-order valence-electron chi connectivity index (χ4n) is 1.56. The van der Waals surface area contributed by atoms with E-state index in [0.717, 1.165) is 23.6 Å². The molecular weight excluding hydrogens is 202 g/mol. The van der Waals surface area contributed by atoms with Gasteiger partial charge in [-0.3, -0.25) is 0 Å². The third-order valence-corrected chi connectivity index (χ3v) is 2.28. The molecule has 1 rings (SSSR count). The van der Waals surface area contributed by atoms with Gasteiger partial charge in [0.15, 0.2) is 11.5 Å². The van der Waals surface area contributed by atoms with Crippen LogP contribution in [0.15, 0.2) is 23.8 Å². The van der Waals surface area contributed by atoms with Gasteiger partial charge in [0.1, 0.15) is 0 Å². The van der Waals surface area contributed by atoms with Gasteiger partial charge in [0.2, 0.25) is 0 Å². The minimum atomic E-state index is 0.755. The Labute approximate surface area is 97.1 Å². The summed E-state index contributed by atoms with van der Waals surface area (Å²) in [6.45, 7) is 2.97. The van der Waals surface area contributed by atoms with E-state index in [2.05, 4.69) is 18.3 Å². The maximum atomic E-state index is 5.25. The maximum absolute atomic E-state index is 5.25. The highest BCUT2D eigenvalue weighted by Gasteiger charge is 2.02. The third-order valence-electron chi connectivity index (χ3n) is 2.28. The summed E-state index contributed by atoms with van der Waals surface area (Å²) in [6.07, 6.45) is 2.12. The van der Waals surface area contributed by atoms with Crippen LogP contribution in [-0.4, -0.2) is 27.8 Å². The van der Waals surface area contributed by atoms with Crippen LogP contribution < -0.4 is 14.8 Å². The van der Waals surface area contributed by atoms with E-state index in [0.29, 0.717) is 0 Å². The largest absolute Gasteiger partial charge is 0.493 e. The summed E-state index contributed by atoms with van der Waals surface area (Å²) >= 11 is 0. The SMILES string of the molecule is CNCC(C)=Cc1ccc(OC)c(OC)c1. The lowest BCUT2D eigenvalue weighted by Crippen LogP contribution is -2.08. The quantitative estimate of drug-likeness (QED) is 0.827. The maximum Gasteiger partial charge on any atom is 0.161 e. The zero-order chi connectivity index (χ0) is 12.0. The lowest BCUT2D eigenvalue weighted by molar-refractivity contribution is 0.355. The zero-order valence-electron chi connectivity index (χ0n) is 10.3. The summed E-state index contributed by atoms with van der Waals surface area (Å²) in [5, 5.41) is 3.11. The topological polar surface area (TPSA) is 30.5 Å². The lowest BCUT2D eigenvalue weighted by atomic mass is 10.1. The number of rotatable bonds is 5. The highest BCUT2D eigenvalue weighted by atomic mass is 16.5. The molecule has 0 heterocycles. The number of ether oxygens (including phenoxy) is 2. The predicted octanol–water partition coefficient (Wildman–Crippen LogP) is 2.33. The smallest absolute Gasteiger partial charge is 0.161 e. The number of hydrogen-bond acceptors (Lipinski definition) is 3. The van der Waals surface area contributed by atoms with Gasteiger partial charge < -0.3 is 14.8 Å². The van der Waals surface area contributed by atoms with E-state index in [9.17, 15) is 0 Å². The first-order valence-corrected chi connectivity index (χ1v) is 5.25. The second-order valence-corrected chi connectivity index (χ2v) is 3.64. The zero-order valence-corrected chi connectivity index (χ0v) is 10.3. The van der Waals surface area contributed by atoms with Gasteiger partial charge in [0, 0.05) is 6.54 Å². The van der Waals surface area contributed by atoms with Gasteiger partial charge in [-0.05, 0) is 31.7 Å². The van der Waals surface area contributed by atoms with Gasteiger partial charge in [-0.15, -0.1) is 0 Å². The molecule has 0 unspecified atom stereocenters. The van der Waals surface area contributed by atoms with Crippen molar-refractivity contribution >= 4 is 6.08 Å². The van der Waals surface area contributed by atoms with Gasteiger partial charge >= 0.3 is 0 Å². The number of hydrogen-bond donors (Lipinski definition) is 1. The molecule has 0 aliphatic carbocycles. The van der Waals surface area contributed by atoms with Crippen LogP contribution in [0.5, 0.6) is 11.5 Å². The van der Waals surface area contributed by atoms with Crippen molar-refractivity contribution in [2.24, 2.45) is 0 Å².